The molecule has 0 spiro atoms. The van der Waals surface area contributed by atoms with Gasteiger partial charge in [0, 0.05) is 38.0 Å². The van der Waals surface area contributed by atoms with Crippen LogP contribution in [0.25, 0.3) is 0 Å². The van der Waals surface area contributed by atoms with Gasteiger partial charge in [-0.2, -0.15) is 0 Å². The predicted molar refractivity (Wildman–Crippen MR) is 103 cm³/mol. The van der Waals surface area contributed by atoms with Gasteiger partial charge in [-0.25, -0.2) is 0 Å². The molecule has 1 atom stereocenters. The Hall–Kier alpha value is -2.25. The van der Waals surface area contributed by atoms with Gasteiger partial charge in [-0.15, -0.1) is 0 Å². The third-order valence-corrected chi connectivity index (χ3v) is 5.40. The van der Waals surface area contributed by atoms with Crippen LogP contribution in [0.15, 0.2) is 18.2 Å². The van der Waals surface area contributed by atoms with E-state index in [2.05, 4.69) is 0 Å². The number of ketones is 1. The van der Waals surface area contributed by atoms with Gasteiger partial charge < -0.3 is 14.7 Å². The molecule has 7 heteroatoms. The molecule has 1 aromatic carbocycles. The Morgan fingerprint density at radius 3 is 2.79 bits per heavy atom. The van der Waals surface area contributed by atoms with E-state index >= 15 is 0 Å². The summed E-state index contributed by atoms with van der Waals surface area (Å²) in [4.78, 5) is 39.2. The topological polar surface area (TPSA) is 87.2 Å². The number of rotatable bonds is 8. The molecule has 0 aromatic heterocycles. The average Bonchev–Trinajstić information content (AvgIpc) is 3.13. The van der Waals surface area contributed by atoms with E-state index < -0.39 is 5.97 Å². The highest BCUT2D eigenvalue weighted by Gasteiger charge is 2.26. The zero-order valence-corrected chi connectivity index (χ0v) is 16.4. The monoisotopic (exact) mass is 388 g/mol. The van der Waals surface area contributed by atoms with Crippen molar-refractivity contribution in [3.63, 3.8) is 0 Å². The lowest BCUT2D eigenvalue weighted by Crippen LogP contribution is -2.49. The number of hydrogen-bond acceptors (Lipinski definition) is 5. The van der Waals surface area contributed by atoms with Crippen molar-refractivity contribution in [2.45, 2.75) is 38.2 Å². The Morgan fingerprint density at radius 1 is 1.21 bits per heavy atom. The van der Waals surface area contributed by atoms with Crippen molar-refractivity contribution in [2.75, 3.05) is 39.8 Å². The van der Waals surface area contributed by atoms with Crippen molar-refractivity contribution < 1.29 is 24.2 Å². The van der Waals surface area contributed by atoms with Crippen LogP contribution in [0.3, 0.4) is 0 Å². The third kappa shape index (κ3) is 5.39. The van der Waals surface area contributed by atoms with Crippen LogP contribution < -0.4 is 0 Å². The number of ether oxygens (including phenoxy) is 1. The van der Waals surface area contributed by atoms with Gasteiger partial charge in [0.05, 0.1) is 19.3 Å². The molecule has 2 aliphatic rings. The van der Waals surface area contributed by atoms with Crippen molar-refractivity contribution in [1.29, 1.82) is 0 Å². The molecule has 1 heterocycles. The molecule has 1 aliphatic heterocycles. The van der Waals surface area contributed by atoms with Gasteiger partial charge in [0.1, 0.15) is 0 Å². The Balaban J connectivity index is 1.47. The maximum absolute atomic E-state index is 12.5. The molecule has 0 bridgehead atoms. The second-order valence-electron chi connectivity index (χ2n) is 7.68. The standard InChI is InChI=1S/C21H28N2O5/c1-22(14-21(26)27)12-18-13-23(9-10-28-18)20(25)8-7-19(24)17-6-5-15-3-2-4-16(15)11-17/h5-6,11,18H,2-4,7-10,12-14H2,1H3,(H,26,27). The lowest BCUT2D eigenvalue weighted by molar-refractivity contribution is -0.142. The molecule has 1 amide bonds. The maximum atomic E-state index is 12.5. The lowest BCUT2D eigenvalue weighted by atomic mass is 10.0. The van der Waals surface area contributed by atoms with E-state index in [0.29, 0.717) is 31.8 Å². The van der Waals surface area contributed by atoms with Gasteiger partial charge in [0.25, 0.3) is 0 Å². The Labute approximate surface area is 165 Å². The van der Waals surface area contributed by atoms with Crippen LogP contribution in [0, 0.1) is 0 Å². The molecule has 0 saturated carbocycles. The zero-order valence-electron chi connectivity index (χ0n) is 16.4. The molecular formula is C21H28N2O5. The number of fused-ring (bicyclic) bond motifs is 1. The zero-order chi connectivity index (χ0) is 20.1. The van der Waals surface area contributed by atoms with E-state index in [1.165, 1.54) is 11.1 Å². The van der Waals surface area contributed by atoms with Gasteiger partial charge in [-0.3, -0.25) is 19.3 Å². The fourth-order valence-corrected chi connectivity index (χ4v) is 3.97. The SMILES string of the molecule is CN(CC(=O)O)CC1CN(C(=O)CCC(=O)c2ccc3c(c2)CCC3)CCO1. The van der Waals surface area contributed by atoms with Crippen LogP contribution in [0.5, 0.6) is 0 Å². The van der Waals surface area contributed by atoms with Gasteiger partial charge in [0.2, 0.25) is 5.91 Å². The van der Waals surface area contributed by atoms with E-state index in [4.69, 9.17) is 9.84 Å². The number of hydrogen-bond donors (Lipinski definition) is 1. The number of benzene rings is 1. The van der Waals surface area contributed by atoms with Crippen LogP contribution in [0.2, 0.25) is 0 Å². The number of carbonyl (C=O) groups excluding carboxylic acids is 2. The minimum atomic E-state index is -0.892. The summed E-state index contributed by atoms with van der Waals surface area (Å²) in [6.45, 7) is 1.74. The quantitative estimate of drug-likeness (QED) is 0.677. The van der Waals surface area contributed by atoms with E-state index in [1.807, 2.05) is 18.2 Å². The molecule has 28 heavy (non-hydrogen) atoms. The molecule has 7 nitrogen and oxygen atoms in total. The van der Waals surface area contributed by atoms with Crippen LogP contribution in [0.4, 0.5) is 0 Å². The molecule has 0 radical (unpaired) electrons. The summed E-state index contributed by atoms with van der Waals surface area (Å²) in [6.07, 6.45) is 3.44. The van der Waals surface area contributed by atoms with E-state index in [0.717, 1.165) is 19.3 Å². The van der Waals surface area contributed by atoms with Crippen LogP contribution in [0.1, 0.15) is 40.7 Å². The number of likely N-dealkylation sites (N-methyl/N-ethyl adjacent to an activating group) is 1. The first-order chi connectivity index (χ1) is 13.4. The van der Waals surface area contributed by atoms with Crippen LogP contribution in [-0.4, -0.2) is 78.5 Å². The summed E-state index contributed by atoms with van der Waals surface area (Å²) in [5.74, 6) is -0.936. The highest BCUT2D eigenvalue weighted by atomic mass is 16.5. The normalized spacial score (nSPS) is 18.9. The molecule has 1 fully saturated rings. The Morgan fingerprint density at radius 2 is 2.00 bits per heavy atom. The van der Waals surface area contributed by atoms with E-state index in [-0.39, 0.29) is 37.2 Å². The molecule has 152 valence electrons. The molecule has 1 N–H and O–H groups in total. The minimum Gasteiger partial charge on any atom is -0.480 e. The summed E-state index contributed by atoms with van der Waals surface area (Å²) in [5.41, 5.74) is 3.29. The fraction of sp³-hybridized carbons (Fsp3) is 0.571. The number of carbonyl (C=O) groups is 3. The maximum Gasteiger partial charge on any atom is 0.317 e. The van der Waals surface area contributed by atoms with Gasteiger partial charge >= 0.3 is 5.97 Å². The lowest BCUT2D eigenvalue weighted by Gasteiger charge is -2.34. The number of morpholine rings is 1. The number of nitrogens with zero attached hydrogens (tertiary/aromatic N) is 2. The Bertz CT molecular complexity index is 748. The first-order valence-electron chi connectivity index (χ1n) is 9.87. The first-order valence-corrected chi connectivity index (χ1v) is 9.87. The molecule has 1 saturated heterocycles. The smallest absolute Gasteiger partial charge is 0.317 e. The molecule has 3 rings (SSSR count). The fourth-order valence-electron chi connectivity index (χ4n) is 3.97. The average molecular weight is 388 g/mol. The number of carboxylic acid groups (broad SMARTS) is 1. The molecule has 1 aromatic rings. The number of amides is 1. The van der Waals surface area contributed by atoms with Crippen molar-refractivity contribution in [2.24, 2.45) is 0 Å². The molecular weight excluding hydrogens is 360 g/mol. The summed E-state index contributed by atoms with van der Waals surface area (Å²) in [7, 11) is 1.72. The van der Waals surface area contributed by atoms with Crippen molar-refractivity contribution in [3.05, 3.63) is 34.9 Å². The second-order valence-corrected chi connectivity index (χ2v) is 7.68. The summed E-state index contributed by atoms with van der Waals surface area (Å²) < 4.78 is 5.65. The molecule has 1 aliphatic carbocycles. The number of aliphatic carboxylic acids is 1. The summed E-state index contributed by atoms with van der Waals surface area (Å²) in [5, 5.41) is 8.84. The van der Waals surface area contributed by atoms with Crippen molar-refractivity contribution in [1.82, 2.24) is 9.80 Å². The summed E-state index contributed by atoms with van der Waals surface area (Å²) >= 11 is 0. The van der Waals surface area contributed by atoms with Crippen molar-refractivity contribution in [3.8, 4) is 0 Å². The molecule has 1 unspecified atom stereocenters. The predicted octanol–water partition coefficient (Wildman–Crippen LogP) is 1.38. The van der Waals surface area contributed by atoms with Crippen LogP contribution in [-0.2, 0) is 27.2 Å². The Kier molecular flexibility index (Phi) is 6.80. The second kappa shape index (κ2) is 9.30. The minimum absolute atomic E-state index is 0.00838. The number of Topliss-reactive ketones (excluding diaryl/α,β-unsaturated/α-hetero) is 1. The largest absolute Gasteiger partial charge is 0.480 e. The van der Waals surface area contributed by atoms with E-state index in [1.54, 1.807) is 16.8 Å². The number of aryl methyl sites for hydroxylation is 2. The van der Waals surface area contributed by atoms with Gasteiger partial charge in [-0.1, -0.05) is 12.1 Å². The van der Waals surface area contributed by atoms with Gasteiger partial charge in [0.15, 0.2) is 5.78 Å². The number of carboxylic acids is 1. The summed E-state index contributed by atoms with van der Waals surface area (Å²) in [6, 6.07) is 5.90. The highest BCUT2D eigenvalue weighted by Crippen LogP contribution is 2.23. The first kappa shape index (κ1) is 20.5. The van der Waals surface area contributed by atoms with Crippen molar-refractivity contribution >= 4 is 17.7 Å². The van der Waals surface area contributed by atoms with Crippen LogP contribution >= 0.6 is 0 Å². The highest BCUT2D eigenvalue weighted by molar-refractivity contribution is 5.98. The van der Waals surface area contributed by atoms with E-state index in [9.17, 15) is 14.4 Å². The van der Waals surface area contributed by atoms with Gasteiger partial charge in [-0.05, 0) is 43.5 Å². The third-order valence-electron chi connectivity index (χ3n) is 5.40.